The lowest BCUT2D eigenvalue weighted by atomic mass is 9.77. The summed E-state index contributed by atoms with van der Waals surface area (Å²) in [6.45, 7) is 0.759. The highest BCUT2D eigenvalue weighted by Gasteiger charge is 2.30. The number of ether oxygens (including phenoxy) is 1. The Kier molecular flexibility index (Phi) is 7.43. The van der Waals surface area contributed by atoms with Crippen molar-refractivity contribution in [1.82, 2.24) is 10.3 Å². The third-order valence-corrected chi connectivity index (χ3v) is 5.82. The van der Waals surface area contributed by atoms with E-state index in [0.29, 0.717) is 24.7 Å². The molecule has 1 aromatic carbocycles. The molecule has 0 bridgehead atoms. The molecule has 150 valence electrons. The van der Waals surface area contributed by atoms with Crippen LogP contribution in [-0.2, 0) is 11.2 Å². The second kappa shape index (κ2) is 10.2. The molecule has 0 aliphatic heterocycles. The van der Waals surface area contributed by atoms with Crippen LogP contribution >= 0.6 is 0 Å². The molecule has 0 radical (unpaired) electrons. The SMILES string of the molecule is COc1ccc(CCC(=O)N[C@@H](c2ccccn2)C2CCC(CN)CC2)cc1. The summed E-state index contributed by atoms with van der Waals surface area (Å²) in [5.74, 6) is 1.94. The smallest absolute Gasteiger partial charge is 0.220 e. The zero-order valence-corrected chi connectivity index (χ0v) is 16.6. The molecule has 2 aromatic rings. The summed E-state index contributed by atoms with van der Waals surface area (Å²) < 4.78 is 5.19. The molecule has 0 saturated heterocycles. The molecular weight excluding hydrogens is 350 g/mol. The summed E-state index contributed by atoms with van der Waals surface area (Å²) in [6, 6.07) is 13.8. The summed E-state index contributed by atoms with van der Waals surface area (Å²) in [5, 5.41) is 3.27. The Bertz CT molecular complexity index is 725. The minimum Gasteiger partial charge on any atom is -0.497 e. The van der Waals surface area contributed by atoms with Crippen LogP contribution in [0.1, 0.15) is 49.4 Å². The monoisotopic (exact) mass is 381 g/mol. The van der Waals surface area contributed by atoms with Gasteiger partial charge in [-0.2, -0.15) is 0 Å². The Morgan fingerprint density at radius 1 is 1.18 bits per heavy atom. The van der Waals surface area contributed by atoms with Gasteiger partial charge in [-0.15, -0.1) is 0 Å². The van der Waals surface area contributed by atoms with Crippen molar-refractivity contribution in [2.75, 3.05) is 13.7 Å². The van der Waals surface area contributed by atoms with Crippen molar-refractivity contribution < 1.29 is 9.53 Å². The first-order chi connectivity index (χ1) is 13.7. The van der Waals surface area contributed by atoms with E-state index in [1.165, 1.54) is 0 Å². The number of aryl methyl sites for hydroxylation is 1. The highest BCUT2D eigenvalue weighted by atomic mass is 16.5. The molecule has 0 unspecified atom stereocenters. The number of rotatable bonds is 8. The van der Waals surface area contributed by atoms with Gasteiger partial charge >= 0.3 is 0 Å². The van der Waals surface area contributed by atoms with Gasteiger partial charge in [-0.25, -0.2) is 0 Å². The highest BCUT2D eigenvalue weighted by molar-refractivity contribution is 5.76. The third kappa shape index (κ3) is 5.55. The van der Waals surface area contributed by atoms with Crippen LogP contribution in [-0.4, -0.2) is 24.5 Å². The van der Waals surface area contributed by atoms with Crippen LogP contribution < -0.4 is 15.8 Å². The molecule has 5 nitrogen and oxygen atoms in total. The van der Waals surface area contributed by atoms with Gasteiger partial charge < -0.3 is 15.8 Å². The van der Waals surface area contributed by atoms with E-state index in [9.17, 15) is 4.79 Å². The van der Waals surface area contributed by atoms with E-state index in [1.807, 2.05) is 42.5 Å². The average molecular weight is 382 g/mol. The number of nitrogens with zero attached hydrogens (tertiary/aromatic N) is 1. The number of methoxy groups -OCH3 is 1. The number of pyridine rings is 1. The summed E-state index contributed by atoms with van der Waals surface area (Å²) in [5.41, 5.74) is 7.93. The molecule has 3 rings (SSSR count). The summed E-state index contributed by atoms with van der Waals surface area (Å²) in [7, 11) is 1.65. The first kappa shape index (κ1) is 20.3. The topological polar surface area (TPSA) is 77.2 Å². The van der Waals surface area contributed by atoms with Crippen molar-refractivity contribution in [2.45, 2.75) is 44.6 Å². The zero-order chi connectivity index (χ0) is 19.8. The number of carbonyl (C=O) groups excluding carboxylic acids is 1. The fraction of sp³-hybridized carbons (Fsp3) is 0.478. The van der Waals surface area contributed by atoms with Gasteiger partial charge in [0.2, 0.25) is 5.91 Å². The van der Waals surface area contributed by atoms with Gasteiger partial charge in [-0.3, -0.25) is 9.78 Å². The molecule has 1 fully saturated rings. The minimum absolute atomic E-state index is 0.0247. The number of hydrogen-bond acceptors (Lipinski definition) is 4. The number of carbonyl (C=O) groups is 1. The molecular formula is C23H31N3O2. The Hall–Kier alpha value is -2.40. The van der Waals surface area contributed by atoms with Gasteiger partial charge in [0.25, 0.3) is 0 Å². The van der Waals surface area contributed by atoms with Gasteiger partial charge in [0.15, 0.2) is 0 Å². The maximum absolute atomic E-state index is 12.7. The lowest BCUT2D eigenvalue weighted by Gasteiger charge is -2.33. The van der Waals surface area contributed by atoms with Crippen molar-refractivity contribution >= 4 is 5.91 Å². The number of nitrogens with one attached hydrogen (secondary N) is 1. The highest BCUT2D eigenvalue weighted by Crippen LogP contribution is 2.36. The van der Waals surface area contributed by atoms with E-state index in [1.54, 1.807) is 13.3 Å². The summed E-state index contributed by atoms with van der Waals surface area (Å²) >= 11 is 0. The van der Waals surface area contributed by atoms with Crippen LogP contribution in [0.2, 0.25) is 0 Å². The molecule has 1 saturated carbocycles. The van der Waals surface area contributed by atoms with Gasteiger partial charge in [0, 0.05) is 12.6 Å². The third-order valence-electron chi connectivity index (χ3n) is 5.82. The molecule has 1 amide bonds. The average Bonchev–Trinajstić information content (AvgIpc) is 2.77. The quantitative estimate of drug-likeness (QED) is 0.732. The van der Waals surface area contributed by atoms with E-state index in [-0.39, 0.29) is 11.9 Å². The van der Waals surface area contributed by atoms with E-state index in [4.69, 9.17) is 10.5 Å². The van der Waals surface area contributed by atoms with Gasteiger partial charge in [0.05, 0.1) is 18.8 Å². The Morgan fingerprint density at radius 3 is 2.54 bits per heavy atom. The van der Waals surface area contributed by atoms with Crippen LogP contribution in [0.3, 0.4) is 0 Å². The zero-order valence-electron chi connectivity index (χ0n) is 16.6. The van der Waals surface area contributed by atoms with E-state index in [2.05, 4.69) is 10.3 Å². The second-order valence-corrected chi connectivity index (χ2v) is 7.66. The van der Waals surface area contributed by atoms with Crippen LogP contribution in [0.25, 0.3) is 0 Å². The fourth-order valence-electron chi connectivity index (χ4n) is 4.05. The Balaban J connectivity index is 1.61. The van der Waals surface area contributed by atoms with Crippen molar-refractivity contribution in [3.05, 3.63) is 59.9 Å². The summed E-state index contributed by atoms with van der Waals surface area (Å²) in [4.78, 5) is 17.2. The molecule has 28 heavy (non-hydrogen) atoms. The molecule has 1 atom stereocenters. The van der Waals surface area contributed by atoms with Crippen molar-refractivity contribution in [3.63, 3.8) is 0 Å². The Labute approximate surface area is 167 Å². The maximum atomic E-state index is 12.7. The van der Waals surface area contributed by atoms with Gasteiger partial charge in [0.1, 0.15) is 5.75 Å². The lowest BCUT2D eigenvalue weighted by molar-refractivity contribution is -0.122. The van der Waals surface area contributed by atoms with E-state index in [0.717, 1.165) is 49.2 Å². The maximum Gasteiger partial charge on any atom is 0.220 e. The number of hydrogen-bond donors (Lipinski definition) is 2. The molecule has 3 N–H and O–H groups in total. The first-order valence-corrected chi connectivity index (χ1v) is 10.2. The number of amides is 1. The van der Waals surface area contributed by atoms with Gasteiger partial charge in [-0.1, -0.05) is 18.2 Å². The molecule has 1 aliphatic carbocycles. The molecule has 1 aliphatic rings. The van der Waals surface area contributed by atoms with E-state index >= 15 is 0 Å². The minimum atomic E-state index is -0.0247. The predicted octanol–water partition coefficient (Wildman–Crippen LogP) is 3.65. The normalized spacial score (nSPS) is 20.4. The van der Waals surface area contributed by atoms with Crippen LogP contribution in [0.5, 0.6) is 5.75 Å². The first-order valence-electron chi connectivity index (χ1n) is 10.2. The summed E-state index contributed by atoms with van der Waals surface area (Å²) in [6.07, 6.45) is 7.41. The fourth-order valence-corrected chi connectivity index (χ4v) is 4.05. The molecule has 0 spiro atoms. The number of benzene rings is 1. The molecule has 1 aromatic heterocycles. The standard InChI is InChI=1S/C23H31N3O2/c1-28-20-12-7-17(8-13-20)9-14-22(27)26-23(21-4-2-3-15-25-21)19-10-5-18(16-24)6-11-19/h2-4,7-8,12-13,15,18-19,23H,5-6,9-11,14,16,24H2,1H3,(H,26,27)/t18?,19?,23-/m1/s1. The number of nitrogens with two attached hydrogens (primary N) is 1. The van der Waals surface area contributed by atoms with Crippen molar-refractivity contribution in [2.24, 2.45) is 17.6 Å². The predicted molar refractivity (Wildman–Crippen MR) is 111 cm³/mol. The van der Waals surface area contributed by atoms with E-state index < -0.39 is 0 Å². The Morgan fingerprint density at radius 2 is 1.93 bits per heavy atom. The van der Waals surface area contributed by atoms with Crippen LogP contribution in [0, 0.1) is 11.8 Å². The van der Waals surface area contributed by atoms with Crippen molar-refractivity contribution in [3.8, 4) is 5.75 Å². The molecule has 1 heterocycles. The van der Waals surface area contributed by atoms with Crippen molar-refractivity contribution in [1.29, 1.82) is 0 Å². The molecule has 5 heteroatoms. The van der Waals surface area contributed by atoms with Gasteiger partial charge in [-0.05, 0) is 80.3 Å². The number of aromatic nitrogens is 1. The van der Waals surface area contributed by atoms with Crippen LogP contribution in [0.4, 0.5) is 0 Å². The lowest BCUT2D eigenvalue weighted by Crippen LogP contribution is -2.36. The second-order valence-electron chi connectivity index (χ2n) is 7.66. The largest absolute Gasteiger partial charge is 0.497 e. The van der Waals surface area contributed by atoms with Crippen LogP contribution in [0.15, 0.2) is 48.7 Å².